The lowest BCUT2D eigenvalue weighted by Gasteiger charge is -2.46. The van der Waals surface area contributed by atoms with Crippen LogP contribution in [-0.4, -0.2) is 18.3 Å². The predicted molar refractivity (Wildman–Crippen MR) is 186 cm³/mol. The molecule has 0 aliphatic carbocycles. The third-order valence-electron chi connectivity index (χ3n) is 10.1. The molecule has 4 heteroatoms. The molecule has 220 valence electrons. The van der Waals surface area contributed by atoms with E-state index < -0.39 is 23.7 Å². The van der Waals surface area contributed by atoms with E-state index in [0.29, 0.717) is 0 Å². The standard InChI is InChI=1S/C41H36BNO2/c1-39(2)40(3,4)45-42(44-39)33-24-26-38-36(28-33)41(31-17-7-5-8-18-31,32-19-9-6-10-20-32)35-21-13-14-22-37(35)43(38)34-25-23-29-15-11-12-16-30(29)27-34/h5-28H,1-4H3. The Balaban J connectivity index is 1.46. The first-order valence-electron chi connectivity index (χ1n) is 15.8. The zero-order chi connectivity index (χ0) is 30.8. The first-order chi connectivity index (χ1) is 21.8. The van der Waals surface area contributed by atoms with Crippen LogP contribution in [0.25, 0.3) is 10.8 Å². The van der Waals surface area contributed by atoms with Crippen LogP contribution in [-0.2, 0) is 14.7 Å². The first-order valence-corrected chi connectivity index (χ1v) is 15.8. The molecule has 0 saturated carbocycles. The Morgan fingerprint density at radius 2 is 1.04 bits per heavy atom. The molecule has 6 aromatic carbocycles. The van der Waals surface area contributed by atoms with Gasteiger partial charge in [0, 0.05) is 5.69 Å². The fourth-order valence-electron chi connectivity index (χ4n) is 7.19. The van der Waals surface area contributed by atoms with Crippen LogP contribution in [0.5, 0.6) is 0 Å². The maximum Gasteiger partial charge on any atom is 0.494 e. The van der Waals surface area contributed by atoms with Crippen molar-refractivity contribution in [2.24, 2.45) is 0 Å². The summed E-state index contributed by atoms with van der Waals surface area (Å²) in [6, 6.07) is 52.8. The van der Waals surface area contributed by atoms with E-state index in [9.17, 15) is 0 Å². The fourth-order valence-corrected chi connectivity index (χ4v) is 7.19. The second kappa shape index (κ2) is 10.2. The predicted octanol–water partition coefficient (Wildman–Crippen LogP) is 9.30. The zero-order valence-corrected chi connectivity index (χ0v) is 26.2. The van der Waals surface area contributed by atoms with E-state index in [1.54, 1.807) is 0 Å². The number of hydrogen-bond acceptors (Lipinski definition) is 3. The van der Waals surface area contributed by atoms with Gasteiger partial charge in [0.05, 0.1) is 28.0 Å². The number of hydrogen-bond donors (Lipinski definition) is 0. The lowest BCUT2D eigenvalue weighted by molar-refractivity contribution is 0.00578. The highest BCUT2D eigenvalue weighted by Crippen LogP contribution is 2.57. The van der Waals surface area contributed by atoms with Crippen LogP contribution in [0, 0.1) is 0 Å². The second-order valence-corrected chi connectivity index (χ2v) is 13.2. The summed E-state index contributed by atoms with van der Waals surface area (Å²) in [4.78, 5) is 2.43. The quantitative estimate of drug-likeness (QED) is 0.192. The van der Waals surface area contributed by atoms with E-state index in [1.165, 1.54) is 33.0 Å². The van der Waals surface area contributed by atoms with Crippen LogP contribution < -0.4 is 10.4 Å². The van der Waals surface area contributed by atoms with Gasteiger partial charge in [-0.15, -0.1) is 0 Å². The van der Waals surface area contributed by atoms with Gasteiger partial charge >= 0.3 is 7.12 Å². The van der Waals surface area contributed by atoms with Gasteiger partial charge in [-0.2, -0.15) is 0 Å². The van der Waals surface area contributed by atoms with Gasteiger partial charge in [-0.3, -0.25) is 0 Å². The summed E-state index contributed by atoms with van der Waals surface area (Å²) in [7, 11) is -0.476. The van der Waals surface area contributed by atoms with E-state index in [-0.39, 0.29) is 0 Å². The number of anilines is 3. The SMILES string of the molecule is CC1(C)OB(c2ccc3c(c2)C(c2ccccc2)(c2ccccc2)c2ccccc2N3c2ccc3ccccc3c2)OC1(C)C. The molecule has 3 nitrogen and oxygen atoms in total. The third-order valence-corrected chi connectivity index (χ3v) is 10.1. The average Bonchev–Trinajstić information content (AvgIpc) is 3.30. The molecule has 0 bridgehead atoms. The first kappa shape index (κ1) is 27.9. The van der Waals surface area contributed by atoms with Gasteiger partial charge in [-0.1, -0.05) is 121 Å². The van der Waals surface area contributed by atoms with Crippen molar-refractivity contribution in [3.8, 4) is 0 Å². The van der Waals surface area contributed by atoms with E-state index in [0.717, 1.165) is 22.5 Å². The highest BCUT2D eigenvalue weighted by atomic mass is 16.7. The Labute approximate surface area is 266 Å². The van der Waals surface area contributed by atoms with Crippen molar-refractivity contribution in [2.75, 3.05) is 4.90 Å². The van der Waals surface area contributed by atoms with Crippen molar-refractivity contribution >= 4 is 40.4 Å². The average molecular weight is 586 g/mol. The van der Waals surface area contributed by atoms with Gasteiger partial charge in [-0.05, 0) is 90.4 Å². The Hall–Kier alpha value is -4.64. The normalized spacial score (nSPS) is 17.6. The van der Waals surface area contributed by atoms with Crippen molar-refractivity contribution < 1.29 is 9.31 Å². The second-order valence-electron chi connectivity index (χ2n) is 13.2. The van der Waals surface area contributed by atoms with Gasteiger partial charge in [-0.25, -0.2) is 0 Å². The molecule has 0 amide bonds. The number of para-hydroxylation sites is 1. The molecular weight excluding hydrogens is 549 g/mol. The van der Waals surface area contributed by atoms with Crippen molar-refractivity contribution in [3.63, 3.8) is 0 Å². The monoisotopic (exact) mass is 585 g/mol. The minimum atomic E-state index is -0.582. The zero-order valence-electron chi connectivity index (χ0n) is 26.2. The smallest absolute Gasteiger partial charge is 0.399 e. The Bertz CT molecular complexity index is 1980. The van der Waals surface area contributed by atoms with Crippen LogP contribution in [0.15, 0.2) is 146 Å². The lowest BCUT2D eigenvalue weighted by atomic mass is 9.61. The summed E-state index contributed by atoms with van der Waals surface area (Å²) in [6.45, 7) is 8.45. The number of fused-ring (bicyclic) bond motifs is 3. The van der Waals surface area contributed by atoms with Gasteiger partial charge in [0.1, 0.15) is 0 Å². The molecule has 8 rings (SSSR count). The maximum atomic E-state index is 6.61. The molecular formula is C41H36BNO2. The maximum absolute atomic E-state index is 6.61. The van der Waals surface area contributed by atoms with Gasteiger partial charge < -0.3 is 14.2 Å². The van der Waals surface area contributed by atoms with Crippen LogP contribution >= 0.6 is 0 Å². The van der Waals surface area contributed by atoms with Crippen molar-refractivity contribution in [2.45, 2.75) is 44.3 Å². The van der Waals surface area contributed by atoms with Crippen molar-refractivity contribution in [1.29, 1.82) is 0 Å². The molecule has 2 aliphatic rings. The van der Waals surface area contributed by atoms with E-state index in [1.807, 2.05) is 0 Å². The summed E-state index contributed by atoms with van der Waals surface area (Å²) in [6.07, 6.45) is 0. The van der Waals surface area contributed by atoms with Crippen molar-refractivity contribution in [3.05, 3.63) is 168 Å². The highest BCUT2D eigenvalue weighted by Gasteiger charge is 2.53. The summed E-state index contributed by atoms with van der Waals surface area (Å²) in [5, 5.41) is 2.44. The Kier molecular flexibility index (Phi) is 6.32. The molecule has 0 radical (unpaired) electrons. The Morgan fingerprint density at radius 1 is 0.489 bits per heavy atom. The van der Waals surface area contributed by atoms with Crippen LogP contribution in [0.4, 0.5) is 17.1 Å². The summed E-state index contributed by atoms with van der Waals surface area (Å²) >= 11 is 0. The molecule has 0 unspecified atom stereocenters. The summed E-state index contributed by atoms with van der Waals surface area (Å²) in [5.41, 5.74) is 7.84. The van der Waals surface area contributed by atoms with Gasteiger partial charge in [0.25, 0.3) is 0 Å². The molecule has 1 fully saturated rings. The van der Waals surface area contributed by atoms with E-state index >= 15 is 0 Å². The molecule has 6 aromatic rings. The fraction of sp³-hybridized carbons (Fsp3) is 0.171. The molecule has 2 heterocycles. The number of rotatable bonds is 4. The molecule has 0 atom stereocenters. The van der Waals surface area contributed by atoms with Gasteiger partial charge in [0.15, 0.2) is 0 Å². The number of benzene rings is 6. The largest absolute Gasteiger partial charge is 0.494 e. The minimum Gasteiger partial charge on any atom is -0.399 e. The molecule has 2 aliphatic heterocycles. The molecule has 1 saturated heterocycles. The highest BCUT2D eigenvalue weighted by molar-refractivity contribution is 6.62. The summed E-state index contributed by atoms with van der Waals surface area (Å²) < 4.78 is 13.2. The number of nitrogens with zero attached hydrogens (tertiary/aromatic N) is 1. The molecule has 0 aromatic heterocycles. The molecule has 45 heavy (non-hydrogen) atoms. The topological polar surface area (TPSA) is 21.7 Å². The van der Waals surface area contributed by atoms with E-state index in [2.05, 4.69) is 178 Å². The van der Waals surface area contributed by atoms with E-state index in [4.69, 9.17) is 9.31 Å². The minimum absolute atomic E-state index is 0.437. The van der Waals surface area contributed by atoms with Gasteiger partial charge in [0.2, 0.25) is 0 Å². The van der Waals surface area contributed by atoms with Crippen molar-refractivity contribution in [1.82, 2.24) is 0 Å². The van der Waals surface area contributed by atoms with Crippen LogP contribution in [0.1, 0.15) is 49.9 Å². The Morgan fingerprint density at radius 3 is 1.71 bits per heavy atom. The van der Waals surface area contributed by atoms with Crippen LogP contribution in [0.3, 0.4) is 0 Å². The molecule has 0 spiro atoms. The molecule has 0 N–H and O–H groups in total. The summed E-state index contributed by atoms with van der Waals surface area (Å²) in [5.74, 6) is 0. The lowest BCUT2D eigenvalue weighted by Crippen LogP contribution is -2.41. The van der Waals surface area contributed by atoms with Crippen LogP contribution in [0.2, 0.25) is 0 Å². The third kappa shape index (κ3) is 4.20.